The number of para-hydroxylation sites is 1. The number of quaternary nitrogens is 1. The number of hydrogen-bond donors (Lipinski definition) is 2. The van der Waals surface area contributed by atoms with Gasteiger partial charge in [-0.1, -0.05) is 37.3 Å². The van der Waals surface area contributed by atoms with E-state index in [4.69, 9.17) is 0 Å². The molecular weight excluding hydrogens is 310 g/mol. The number of nitrogens with one attached hydrogen (secondary N) is 2. The second-order valence-electron chi connectivity index (χ2n) is 6.88. The predicted molar refractivity (Wildman–Crippen MR) is 105 cm³/mol. The topological polar surface area (TPSA) is 36.8 Å². The van der Waals surface area contributed by atoms with Crippen LogP contribution in [-0.4, -0.2) is 33.6 Å². The Kier molecular flexibility index (Phi) is 6.59. The maximum atomic E-state index is 12.4. The van der Waals surface area contributed by atoms with Gasteiger partial charge in [0.25, 0.3) is 5.91 Å². The highest BCUT2D eigenvalue weighted by molar-refractivity contribution is 5.93. The molecule has 0 bridgehead atoms. The van der Waals surface area contributed by atoms with Gasteiger partial charge in [0.1, 0.15) is 6.54 Å². The van der Waals surface area contributed by atoms with Crippen molar-refractivity contribution < 1.29 is 9.69 Å². The minimum atomic E-state index is 0.0615. The number of benzene rings is 2. The zero-order chi connectivity index (χ0) is 18.4. The fourth-order valence-corrected chi connectivity index (χ4v) is 2.98. The molecule has 0 saturated heterocycles. The third kappa shape index (κ3) is 5.33. The van der Waals surface area contributed by atoms with Crippen LogP contribution in [0.25, 0.3) is 0 Å². The molecule has 0 aliphatic carbocycles. The van der Waals surface area contributed by atoms with E-state index in [1.165, 1.54) is 21.7 Å². The van der Waals surface area contributed by atoms with Gasteiger partial charge in [0, 0.05) is 31.0 Å². The van der Waals surface area contributed by atoms with Crippen molar-refractivity contribution in [3.63, 3.8) is 0 Å². The Morgan fingerprint density at radius 2 is 1.80 bits per heavy atom. The molecule has 0 radical (unpaired) electrons. The number of rotatable bonds is 7. The summed E-state index contributed by atoms with van der Waals surface area (Å²) in [6, 6.07) is 14.6. The smallest absolute Gasteiger partial charge is 0.279 e. The molecule has 0 fully saturated rings. The Balaban J connectivity index is 1.94. The van der Waals surface area contributed by atoms with Gasteiger partial charge >= 0.3 is 0 Å². The molecule has 0 spiro atoms. The minimum Gasteiger partial charge on any atom is -0.378 e. The van der Waals surface area contributed by atoms with Gasteiger partial charge in [-0.2, -0.15) is 0 Å². The summed E-state index contributed by atoms with van der Waals surface area (Å²) in [6.07, 6.45) is 0.915. The molecule has 4 heteroatoms. The Labute approximate surface area is 151 Å². The molecular formula is C21H30N3O+. The number of carbonyl (C=O) groups is 1. The lowest BCUT2D eigenvalue weighted by atomic mass is 10.1. The van der Waals surface area contributed by atoms with Gasteiger partial charge in [-0.3, -0.25) is 4.79 Å². The molecule has 2 rings (SSSR count). The van der Waals surface area contributed by atoms with Crippen LogP contribution in [0, 0.1) is 6.92 Å². The average Bonchev–Trinajstić information content (AvgIpc) is 2.57. The zero-order valence-corrected chi connectivity index (χ0v) is 16.0. The van der Waals surface area contributed by atoms with E-state index in [1.807, 2.05) is 33.2 Å². The number of amides is 1. The van der Waals surface area contributed by atoms with E-state index in [0.717, 1.165) is 24.2 Å². The molecule has 4 nitrogen and oxygen atoms in total. The van der Waals surface area contributed by atoms with E-state index in [0.29, 0.717) is 6.54 Å². The average molecular weight is 340 g/mol. The molecule has 1 amide bonds. The van der Waals surface area contributed by atoms with E-state index in [2.05, 4.69) is 54.5 Å². The first-order valence-corrected chi connectivity index (χ1v) is 8.86. The van der Waals surface area contributed by atoms with Crippen molar-refractivity contribution in [1.29, 1.82) is 0 Å². The van der Waals surface area contributed by atoms with Crippen molar-refractivity contribution in [2.75, 3.05) is 37.9 Å². The van der Waals surface area contributed by atoms with Crippen LogP contribution >= 0.6 is 0 Å². The summed E-state index contributed by atoms with van der Waals surface area (Å²) in [6.45, 7) is 5.43. The Morgan fingerprint density at radius 1 is 1.12 bits per heavy atom. The number of carbonyl (C=O) groups excluding carboxylic acids is 1. The fraction of sp³-hybridized carbons (Fsp3) is 0.381. The van der Waals surface area contributed by atoms with E-state index in [9.17, 15) is 4.79 Å². The van der Waals surface area contributed by atoms with E-state index >= 15 is 0 Å². The van der Waals surface area contributed by atoms with Crippen molar-refractivity contribution in [3.8, 4) is 0 Å². The molecule has 0 saturated carbocycles. The fourth-order valence-electron chi connectivity index (χ4n) is 2.98. The highest BCUT2D eigenvalue weighted by atomic mass is 16.2. The van der Waals surface area contributed by atoms with E-state index in [1.54, 1.807) is 0 Å². The van der Waals surface area contributed by atoms with Crippen LogP contribution in [0.2, 0.25) is 0 Å². The maximum absolute atomic E-state index is 12.4. The summed E-state index contributed by atoms with van der Waals surface area (Å²) >= 11 is 0. The number of anilines is 2. The molecule has 134 valence electrons. The number of nitrogens with zero attached hydrogens (tertiary/aromatic N) is 1. The van der Waals surface area contributed by atoms with Crippen LogP contribution in [0.5, 0.6) is 0 Å². The number of aryl methyl sites for hydroxylation is 2. The van der Waals surface area contributed by atoms with Crippen molar-refractivity contribution in [2.24, 2.45) is 0 Å². The predicted octanol–water partition coefficient (Wildman–Crippen LogP) is 2.28. The molecule has 1 unspecified atom stereocenters. The highest BCUT2D eigenvalue weighted by Crippen LogP contribution is 2.20. The monoisotopic (exact) mass is 340 g/mol. The minimum absolute atomic E-state index is 0.0615. The Bertz CT molecular complexity index is 708. The maximum Gasteiger partial charge on any atom is 0.279 e. The summed E-state index contributed by atoms with van der Waals surface area (Å²) < 4.78 is 0. The van der Waals surface area contributed by atoms with Gasteiger partial charge in [-0.05, 0) is 36.6 Å². The first kappa shape index (κ1) is 19.0. The number of hydrogen-bond acceptors (Lipinski definition) is 2. The molecule has 2 aromatic carbocycles. The molecule has 0 aliphatic heterocycles. The molecule has 0 aliphatic rings. The first-order valence-electron chi connectivity index (χ1n) is 8.86. The van der Waals surface area contributed by atoms with Crippen LogP contribution in [0.3, 0.4) is 0 Å². The SMILES string of the molecule is CCc1cccc(C)c1NC(=O)C[NH+](C)Cc1ccc(N(C)C)cc1. The lowest BCUT2D eigenvalue weighted by molar-refractivity contribution is -0.885. The van der Waals surface area contributed by atoms with Crippen molar-refractivity contribution >= 4 is 17.3 Å². The van der Waals surface area contributed by atoms with Gasteiger partial charge in [-0.25, -0.2) is 0 Å². The molecule has 0 heterocycles. The van der Waals surface area contributed by atoms with Gasteiger partial charge in [0.05, 0.1) is 7.05 Å². The third-order valence-electron chi connectivity index (χ3n) is 4.43. The summed E-state index contributed by atoms with van der Waals surface area (Å²) in [4.78, 5) is 15.7. The summed E-state index contributed by atoms with van der Waals surface area (Å²) in [5.41, 5.74) is 5.69. The molecule has 2 N–H and O–H groups in total. The highest BCUT2D eigenvalue weighted by Gasteiger charge is 2.13. The lowest BCUT2D eigenvalue weighted by Crippen LogP contribution is -3.08. The van der Waals surface area contributed by atoms with Gasteiger partial charge < -0.3 is 15.1 Å². The van der Waals surface area contributed by atoms with Crippen LogP contribution in [0.1, 0.15) is 23.6 Å². The molecule has 2 aromatic rings. The van der Waals surface area contributed by atoms with Crippen LogP contribution < -0.4 is 15.1 Å². The van der Waals surface area contributed by atoms with Crippen LogP contribution in [0.4, 0.5) is 11.4 Å². The molecule has 1 atom stereocenters. The second-order valence-corrected chi connectivity index (χ2v) is 6.88. The standard InChI is InChI=1S/C21H29N3O/c1-6-18-9-7-8-16(2)21(18)22-20(25)15-24(5)14-17-10-12-19(13-11-17)23(3)4/h7-13H,6,14-15H2,1-5H3,(H,22,25)/p+1. The van der Waals surface area contributed by atoms with Crippen molar-refractivity contribution in [3.05, 3.63) is 59.2 Å². The molecule has 0 aromatic heterocycles. The van der Waals surface area contributed by atoms with Crippen LogP contribution in [0.15, 0.2) is 42.5 Å². The Hall–Kier alpha value is -2.33. The summed E-state index contributed by atoms with van der Waals surface area (Å²) in [7, 11) is 6.12. The largest absolute Gasteiger partial charge is 0.378 e. The first-order chi connectivity index (χ1) is 11.9. The lowest BCUT2D eigenvalue weighted by Gasteiger charge is -2.17. The quantitative estimate of drug-likeness (QED) is 0.811. The second kappa shape index (κ2) is 8.67. The normalized spacial score (nSPS) is 11.9. The van der Waals surface area contributed by atoms with Gasteiger partial charge in [-0.15, -0.1) is 0 Å². The van der Waals surface area contributed by atoms with Crippen molar-refractivity contribution in [1.82, 2.24) is 0 Å². The van der Waals surface area contributed by atoms with E-state index < -0.39 is 0 Å². The summed E-state index contributed by atoms with van der Waals surface area (Å²) in [5, 5.41) is 3.10. The third-order valence-corrected chi connectivity index (χ3v) is 4.43. The molecule has 25 heavy (non-hydrogen) atoms. The zero-order valence-electron chi connectivity index (χ0n) is 16.0. The van der Waals surface area contributed by atoms with Crippen LogP contribution in [-0.2, 0) is 17.8 Å². The van der Waals surface area contributed by atoms with Crippen molar-refractivity contribution in [2.45, 2.75) is 26.8 Å². The number of likely N-dealkylation sites (N-methyl/N-ethyl adjacent to an activating group) is 1. The van der Waals surface area contributed by atoms with Gasteiger partial charge in [0.15, 0.2) is 6.54 Å². The van der Waals surface area contributed by atoms with E-state index in [-0.39, 0.29) is 5.91 Å². The Morgan fingerprint density at radius 3 is 2.40 bits per heavy atom. The van der Waals surface area contributed by atoms with Gasteiger partial charge in [0.2, 0.25) is 0 Å². The summed E-state index contributed by atoms with van der Waals surface area (Å²) in [5.74, 6) is 0.0615.